The number of fused-ring (bicyclic) bond motifs is 38. The summed E-state index contributed by atoms with van der Waals surface area (Å²) in [5.74, 6) is 4.68. The van der Waals surface area contributed by atoms with Gasteiger partial charge < -0.3 is 19.2 Å². The summed E-state index contributed by atoms with van der Waals surface area (Å²) < 4.78 is 0. The number of rotatable bonds is 0. The van der Waals surface area contributed by atoms with E-state index in [0.29, 0.717) is 0 Å². The van der Waals surface area contributed by atoms with Crippen LogP contribution in [0.2, 0.25) is 0 Å². The van der Waals surface area contributed by atoms with Gasteiger partial charge >= 0.3 is 27.4 Å². The van der Waals surface area contributed by atoms with Gasteiger partial charge in [0.25, 0.3) is 0 Å². The fraction of sp³-hybridized carbons (Fsp3) is 0. The summed E-state index contributed by atoms with van der Waals surface area (Å²) >= 11 is 0. The van der Waals surface area contributed by atoms with Gasteiger partial charge in [-0.15, -0.1) is 0 Å². The van der Waals surface area contributed by atoms with Crippen LogP contribution in [0.1, 0.15) is 22.3 Å². The first-order valence-corrected chi connectivity index (χ1v) is 36.3. The normalized spacial score (nSPS) is 13.8. The highest BCUT2D eigenvalue weighted by Crippen LogP contribution is 2.48. The average Bonchev–Trinajstić information content (AvgIpc) is 0.746. The Morgan fingerprint density at radius 1 is 0.202 bits per heavy atom. The third kappa shape index (κ3) is 9.52. The number of para-hydroxylation sites is 5. The second-order valence-electron chi connectivity index (χ2n) is 28.1. The second kappa shape index (κ2) is 24.4. The average molecular weight is 1320 g/mol. The van der Waals surface area contributed by atoms with Gasteiger partial charge in [-0.25, -0.2) is 0 Å². The van der Waals surface area contributed by atoms with Crippen molar-refractivity contribution in [2.24, 2.45) is 0 Å². The molecule has 0 atom stereocenters. The molecule has 8 heteroatoms. The van der Waals surface area contributed by atoms with Gasteiger partial charge in [0.05, 0.1) is 0 Å². The third-order valence-electron chi connectivity index (χ3n) is 22.6. The Kier molecular flexibility index (Phi) is 14.0. The largest absolute Gasteiger partial charge is 0.383 e. The maximum absolute atomic E-state index is 2.49. The van der Waals surface area contributed by atoms with Crippen molar-refractivity contribution in [2.75, 3.05) is 19.2 Å². The number of benzene rings is 16. The van der Waals surface area contributed by atoms with Gasteiger partial charge in [0.15, 0.2) is 0 Å². The fourth-order valence-corrected chi connectivity index (χ4v) is 18.0. The summed E-state index contributed by atoms with van der Waals surface area (Å²) in [5.41, 5.74) is 31.9. The molecule has 8 heterocycles. The van der Waals surface area contributed by atoms with Crippen LogP contribution in [0.5, 0.6) is 0 Å². The van der Waals surface area contributed by atoms with E-state index in [-0.39, 0.29) is 27.4 Å². The van der Waals surface area contributed by atoms with E-state index < -0.39 is 0 Å². The highest BCUT2D eigenvalue weighted by molar-refractivity contribution is 6.92. The lowest BCUT2D eigenvalue weighted by atomic mass is 9.44. The number of hydrogen-bond donors (Lipinski definition) is 0. The lowest BCUT2D eigenvalue weighted by Gasteiger charge is -2.40. The summed E-state index contributed by atoms with van der Waals surface area (Å²) in [6.07, 6.45) is 13.5. The third-order valence-corrected chi connectivity index (χ3v) is 22.6. The first kappa shape index (κ1) is 59.8. The molecule has 104 heavy (non-hydrogen) atoms. The van der Waals surface area contributed by atoms with Crippen LogP contribution in [0, 0.1) is 0 Å². The lowest BCUT2D eigenvalue weighted by molar-refractivity contribution is 1.35. The minimum Gasteiger partial charge on any atom is -0.383 e. The first-order chi connectivity index (χ1) is 51.6. The van der Waals surface area contributed by atoms with Crippen LogP contribution in [0.3, 0.4) is 0 Å². The second-order valence-corrected chi connectivity index (χ2v) is 28.1. The molecule has 0 saturated heterocycles. The molecular formula is C96H64B4N4. The van der Waals surface area contributed by atoms with Crippen molar-refractivity contribution < 1.29 is 0 Å². The van der Waals surface area contributed by atoms with E-state index in [1.807, 2.05) is 0 Å². The zero-order valence-corrected chi connectivity index (χ0v) is 57.0. The maximum atomic E-state index is 2.49. The van der Waals surface area contributed by atoms with Crippen LogP contribution < -0.4 is 52.0 Å². The molecule has 24 rings (SSSR count). The van der Waals surface area contributed by atoms with Crippen LogP contribution in [-0.2, 0) is 0 Å². The SMILES string of the molecule is C1=CN2B(c3ccccc31)c1cc3ccccc3cc1-c1ccccc12.C1=CN2B(c3ccccc31)c1ccccc1-c1c2ccc2ccccc12.C1=Cc2ccccc2N2B1c1cc3ccccc3cc1-c1ccccc12.C1=Cc2ccccc2N2B1c1ccc3ccccc3c1-c1ccccc12. The van der Waals surface area contributed by atoms with Gasteiger partial charge in [-0.2, -0.15) is 0 Å². The minimum atomic E-state index is 0.228. The Balaban J connectivity index is 0.0000000896. The van der Waals surface area contributed by atoms with E-state index in [9.17, 15) is 0 Å². The van der Waals surface area contributed by atoms with Gasteiger partial charge in [-0.3, -0.25) is 0 Å². The molecule has 0 saturated carbocycles. The highest BCUT2D eigenvalue weighted by atomic mass is 15.1. The first-order valence-electron chi connectivity index (χ1n) is 36.3. The molecule has 8 aliphatic heterocycles. The molecule has 0 N–H and O–H groups in total. The Labute approximate surface area is 607 Å². The fourth-order valence-electron chi connectivity index (χ4n) is 18.0. The Morgan fingerprint density at radius 2 is 0.587 bits per heavy atom. The van der Waals surface area contributed by atoms with Crippen molar-refractivity contribution in [3.63, 3.8) is 0 Å². The molecule has 16 aromatic carbocycles. The van der Waals surface area contributed by atoms with Crippen molar-refractivity contribution in [1.82, 2.24) is 0 Å². The molecule has 0 bridgehead atoms. The van der Waals surface area contributed by atoms with Gasteiger partial charge in [-0.05, 0) is 193 Å². The van der Waals surface area contributed by atoms with Crippen LogP contribution in [0.25, 0.3) is 112 Å². The molecule has 0 aliphatic carbocycles. The van der Waals surface area contributed by atoms with E-state index in [2.05, 4.69) is 408 Å². The quantitative estimate of drug-likeness (QED) is 0.140. The van der Waals surface area contributed by atoms with Crippen molar-refractivity contribution in [3.8, 4) is 44.5 Å². The number of nitrogens with zero attached hydrogens (tertiary/aromatic N) is 4. The minimum absolute atomic E-state index is 0.228. The molecule has 0 unspecified atom stereocenters. The molecule has 16 aromatic rings. The molecule has 480 valence electrons. The number of hydrogen-bond acceptors (Lipinski definition) is 4. The Morgan fingerprint density at radius 3 is 1.18 bits per heavy atom. The lowest BCUT2D eigenvalue weighted by Crippen LogP contribution is -2.59. The molecule has 8 aliphatic rings. The zero-order valence-electron chi connectivity index (χ0n) is 57.0. The van der Waals surface area contributed by atoms with E-state index in [0.717, 1.165) is 0 Å². The molecule has 0 amide bonds. The van der Waals surface area contributed by atoms with E-state index in [1.54, 1.807) is 0 Å². The van der Waals surface area contributed by atoms with Crippen molar-refractivity contribution >= 4 is 162 Å². The topological polar surface area (TPSA) is 13.0 Å². The van der Waals surface area contributed by atoms with E-state index in [1.165, 1.54) is 177 Å². The predicted molar refractivity (Wildman–Crippen MR) is 449 cm³/mol. The van der Waals surface area contributed by atoms with Gasteiger partial charge in [-0.1, -0.05) is 315 Å². The summed E-state index contributed by atoms with van der Waals surface area (Å²) in [7, 11) is 0. The molecule has 0 radical (unpaired) electrons. The predicted octanol–water partition coefficient (Wildman–Crippen LogP) is 19.7. The molecule has 0 aromatic heterocycles. The van der Waals surface area contributed by atoms with Crippen LogP contribution in [0.4, 0.5) is 34.1 Å². The van der Waals surface area contributed by atoms with Crippen LogP contribution >= 0.6 is 0 Å². The molecule has 4 nitrogen and oxygen atoms in total. The van der Waals surface area contributed by atoms with Gasteiger partial charge in [0.1, 0.15) is 0 Å². The maximum Gasteiger partial charge on any atom is 0.328 e. The zero-order chi connectivity index (χ0) is 68.3. The Hall–Kier alpha value is -13.0. The van der Waals surface area contributed by atoms with Crippen molar-refractivity contribution in [3.05, 3.63) is 386 Å². The number of anilines is 6. The van der Waals surface area contributed by atoms with Gasteiger partial charge in [0, 0.05) is 56.4 Å². The summed E-state index contributed by atoms with van der Waals surface area (Å²) in [4.78, 5) is 9.84. The van der Waals surface area contributed by atoms with Gasteiger partial charge in [0.2, 0.25) is 0 Å². The monoisotopic (exact) mass is 1320 g/mol. The summed E-state index contributed by atoms with van der Waals surface area (Å²) in [6, 6.07) is 123. The summed E-state index contributed by atoms with van der Waals surface area (Å²) in [6.45, 7) is 0.936. The standard InChI is InChI=1S/4C24H16BN/c1-3-9-19-17(7-1)13-14-21-24(19)20-10-4-6-12-23(20)26-22-11-5-2-8-18(22)15-16-25(21)26;1-3-9-19-17(7-1)13-14-23-24(19)20-10-4-6-12-22(20)25-21-11-5-2-8-18(21)15-16-26(23)25;1-2-9-19-16-22-21(15-18(19)8-1)20-10-4-6-12-24(20)26-23-11-5-3-7-17(23)13-14-25(22)26;1-2-9-19-16-23-21(15-18(19)8-1)20-10-4-6-12-24(20)26-14-13-17-7-3-5-11-22(17)25(23)26/h4*1-16H. The Bertz CT molecular complexity index is 6080. The van der Waals surface area contributed by atoms with E-state index in [4.69, 9.17) is 0 Å². The van der Waals surface area contributed by atoms with Crippen molar-refractivity contribution in [2.45, 2.75) is 0 Å². The summed E-state index contributed by atoms with van der Waals surface area (Å²) in [5, 5.41) is 10.5. The molecule has 0 spiro atoms. The molecular weight excluding hydrogens is 1250 g/mol. The van der Waals surface area contributed by atoms with Crippen LogP contribution in [0.15, 0.2) is 364 Å². The van der Waals surface area contributed by atoms with E-state index >= 15 is 0 Å². The molecule has 0 fully saturated rings. The van der Waals surface area contributed by atoms with Crippen molar-refractivity contribution in [1.29, 1.82) is 0 Å². The van der Waals surface area contributed by atoms with Crippen LogP contribution in [-0.4, -0.2) is 27.4 Å². The smallest absolute Gasteiger partial charge is 0.328 e. The highest BCUT2D eigenvalue weighted by Gasteiger charge is 2.42.